The van der Waals surface area contributed by atoms with Crippen LogP contribution in [-0.4, -0.2) is 31.3 Å². The Labute approximate surface area is 100 Å². The first-order valence-electron chi connectivity index (χ1n) is 6.59. The molecule has 17 heavy (non-hydrogen) atoms. The summed E-state index contributed by atoms with van der Waals surface area (Å²) >= 11 is 0. The van der Waals surface area contributed by atoms with Crippen LogP contribution in [-0.2, 0) is 0 Å². The lowest BCUT2D eigenvalue weighted by Crippen LogP contribution is -2.47. The van der Waals surface area contributed by atoms with Gasteiger partial charge in [-0.2, -0.15) is 13.2 Å². The molecule has 0 bridgehead atoms. The Morgan fingerprint density at radius 1 is 0.941 bits per heavy atom. The van der Waals surface area contributed by atoms with Crippen molar-refractivity contribution in [2.24, 2.45) is 5.92 Å². The van der Waals surface area contributed by atoms with Crippen LogP contribution in [0.4, 0.5) is 13.2 Å². The van der Waals surface area contributed by atoms with E-state index in [1.165, 1.54) is 0 Å². The number of alkyl halides is 3. The van der Waals surface area contributed by atoms with E-state index < -0.39 is 12.1 Å². The van der Waals surface area contributed by atoms with Crippen LogP contribution >= 0.6 is 0 Å². The number of piperidine rings is 1. The van der Waals surface area contributed by atoms with Crippen LogP contribution < -0.4 is 10.6 Å². The normalized spacial score (nSPS) is 32.6. The molecule has 0 radical (unpaired) electrons. The van der Waals surface area contributed by atoms with Crippen molar-refractivity contribution in [2.45, 2.75) is 56.8 Å². The molecule has 0 aromatic carbocycles. The molecule has 2 nitrogen and oxygen atoms in total. The lowest BCUT2D eigenvalue weighted by atomic mass is 9.84. The van der Waals surface area contributed by atoms with Crippen LogP contribution in [0.25, 0.3) is 0 Å². The molecular weight excluding hydrogens is 229 g/mol. The van der Waals surface area contributed by atoms with Crippen LogP contribution in [0.3, 0.4) is 0 Å². The average molecular weight is 250 g/mol. The average Bonchev–Trinajstić information content (AvgIpc) is 2.29. The van der Waals surface area contributed by atoms with E-state index in [0.717, 1.165) is 32.4 Å². The van der Waals surface area contributed by atoms with E-state index in [0.29, 0.717) is 18.9 Å². The standard InChI is InChI=1S/C12H21F3N2/c13-12(14,15)9-2-1-3-11(8-9)17-10-4-6-16-7-5-10/h9-11,16-17H,1-8H2. The molecule has 1 saturated carbocycles. The van der Waals surface area contributed by atoms with Crippen molar-refractivity contribution in [1.82, 2.24) is 10.6 Å². The van der Waals surface area contributed by atoms with Gasteiger partial charge in [-0.15, -0.1) is 0 Å². The summed E-state index contributed by atoms with van der Waals surface area (Å²) in [6.07, 6.45) is 0.249. The van der Waals surface area contributed by atoms with Gasteiger partial charge < -0.3 is 10.6 Å². The summed E-state index contributed by atoms with van der Waals surface area (Å²) in [5.74, 6) is -1.09. The van der Waals surface area contributed by atoms with Crippen molar-refractivity contribution in [3.05, 3.63) is 0 Å². The lowest BCUT2D eigenvalue weighted by Gasteiger charge is -2.35. The van der Waals surface area contributed by atoms with E-state index in [2.05, 4.69) is 10.6 Å². The van der Waals surface area contributed by atoms with Gasteiger partial charge in [0.1, 0.15) is 0 Å². The third-order valence-electron chi connectivity index (χ3n) is 3.95. The molecule has 1 saturated heterocycles. The van der Waals surface area contributed by atoms with Gasteiger partial charge in [-0.3, -0.25) is 0 Å². The van der Waals surface area contributed by atoms with Crippen molar-refractivity contribution >= 4 is 0 Å². The maximum absolute atomic E-state index is 12.7. The van der Waals surface area contributed by atoms with E-state index in [9.17, 15) is 13.2 Å². The van der Waals surface area contributed by atoms with Gasteiger partial charge in [-0.05, 0) is 45.2 Å². The summed E-state index contributed by atoms with van der Waals surface area (Å²) in [7, 11) is 0. The van der Waals surface area contributed by atoms with Crippen LogP contribution in [0.15, 0.2) is 0 Å². The molecule has 2 atom stereocenters. The van der Waals surface area contributed by atoms with E-state index in [1.807, 2.05) is 0 Å². The Morgan fingerprint density at radius 3 is 2.29 bits per heavy atom. The zero-order valence-corrected chi connectivity index (χ0v) is 10.0. The smallest absolute Gasteiger partial charge is 0.317 e. The van der Waals surface area contributed by atoms with Crippen LogP contribution in [0.1, 0.15) is 38.5 Å². The van der Waals surface area contributed by atoms with Crippen LogP contribution in [0, 0.1) is 5.92 Å². The third kappa shape index (κ3) is 3.85. The third-order valence-corrected chi connectivity index (χ3v) is 3.95. The second-order valence-corrected chi connectivity index (χ2v) is 5.29. The molecule has 1 heterocycles. The highest BCUT2D eigenvalue weighted by Crippen LogP contribution is 2.37. The summed E-state index contributed by atoms with van der Waals surface area (Å²) in [4.78, 5) is 0. The zero-order valence-electron chi connectivity index (χ0n) is 10.0. The topological polar surface area (TPSA) is 24.1 Å². The van der Waals surface area contributed by atoms with E-state index >= 15 is 0 Å². The first-order valence-corrected chi connectivity index (χ1v) is 6.59. The van der Waals surface area contributed by atoms with Gasteiger partial charge >= 0.3 is 6.18 Å². The van der Waals surface area contributed by atoms with E-state index in [4.69, 9.17) is 0 Å². The summed E-state index contributed by atoms with van der Waals surface area (Å²) in [6, 6.07) is 0.478. The quantitative estimate of drug-likeness (QED) is 0.786. The van der Waals surface area contributed by atoms with Gasteiger partial charge in [0, 0.05) is 12.1 Å². The highest BCUT2D eigenvalue weighted by molar-refractivity contribution is 4.85. The van der Waals surface area contributed by atoms with Gasteiger partial charge in [-0.1, -0.05) is 6.42 Å². The molecular formula is C12H21F3N2. The van der Waals surface area contributed by atoms with E-state index in [-0.39, 0.29) is 12.5 Å². The van der Waals surface area contributed by atoms with Crippen molar-refractivity contribution < 1.29 is 13.2 Å². The first-order chi connectivity index (χ1) is 8.05. The van der Waals surface area contributed by atoms with E-state index in [1.54, 1.807) is 0 Å². The predicted molar refractivity (Wildman–Crippen MR) is 60.8 cm³/mol. The van der Waals surface area contributed by atoms with Crippen molar-refractivity contribution in [2.75, 3.05) is 13.1 Å². The molecule has 2 N–H and O–H groups in total. The minimum atomic E-state index is -4.01. The van der Waals surface area contributed by atoms with Gasteiger partial charge in [0.05, 0.1) is 5.92 Å². The molecule has 0 aromatic rings. The Bertz CT molecular complexity index is 236. The molecule has 2 aliphatic rings. The van der Waals surface area contributed by atoms with Gasteiger partial charge in [0.15, 0.2) is 0 Å². The molecule has 2 fully saturated rings. The predicted octanol–water partition coefficient (Wildman–Crippen LogP) is 2.45. The number of halogens is 3. The zero-order chi connectivity index (χ0) is 12.3. The van der Waals surface area contributed by atoms with Crippen molar-refractivity contribution in [3.63, 3.8) is 0 Å². The molecule has 1 aliphatic heterocycles. The Hall–Kier alpha value is -0.290. The highest BCUT2D eigenvalue weighted by atomic mass is 19.4. The molecule has 0 spiro atoms. The lowest BCUT2D eigenvalue weighted by molar-refractivity contribution is -0.183. The molecule has 2 rings (SSSR count). The van der Waals surface area contributed by atoms with Gasteiger partial charge in [-0.25, -0.2) is 0 Å². The number of nitrogens with one attached hydrogen (secondary N) is 2. The van der Waals surface area contributed by atoms with Crippen molar-refractivity contribution in [3.8, 4) is 0 Å². The molecule has 5 heteroatoms. The van der Waals surface area contributed by atoms with Gasteiger partial charge in [0.2, 0.25) is 0 Å². The monoisotopic (exact) mass is 250 g/mol. The molecule has 1 aliphatic carbocycles. The molecule has 0 aromatic heterocycles. The SMILES string of the molecule is FC(F)(F)C1CCCC(NC2CCNCC2)C1. The minimum absolute atomic E-state index is 0.0680. The van der Waals surface area contributed by atoms with Gasteiger partial charge in [0.25, 0.3) is 0 Å². The molecule has 0 amide bonds. The van der Waals surface area contributed by atoms with Crippen molar-refractivity contribution in [1.29, 1.82) is 0 Å². The maximum atomic E-state index is 12.7. The number of hydrogen-bond acceptors (Lipinski definition) is 2. The Balaban J connectivity index is 1.80. The Kier molecular flexibility index (Phi) is 4.31. The largest absolute Gasteiger partial charge is 0.391 e. The number of hydrogen-bond donors (Lipinski definition) is 2. The fourth-order valence-electron chi connectivity index (χ4n) is 2.96. The summed E-state index contributed by atoms with van der Waals surface area (Å²) in [6.45, 7) is 1.96. The fraction of sp³-hybridized carbons (Fsp3) is 1.00. The highest BCUT2D eigenvalue weighted by Gasteiger charge is 2.42. The second kappa shape index (κ2) is 5.57. The second-order valence-electron chi connectivity index (χ2n) is 5.29. The molecule has 2 unspecified atom stereocenters. The number of rotatable bonds is 2. The Morgan fingerprint density at radius 2 is 1.65 bits per heavy atom. The first kappa shape index (κ1) is 13.1. The molecule has 100 valence electrons. The minimum Gasteiger partial charge on any atom is -0.317 e. The maximum Gasteiger partial charge on any atom is 0.391 e. The summed E-state index contributed by atoms with van der Waals surface area (Å²) in [5.41, 5.74) is 0. The summed E-state index contributed by atoms with van der Waals surface area (Å²) < 4.78 is 38.0. The fourth-order valence-corrected chi connectivity index (χ4v) is 2.96. The van der Waals surface area contributed by atoms with Crippen LogP contribution in [0.5, 0.6) is 0 Å². The van der Waals surface area contributed by atoms with Crippen LogP contribution in [0.2, 0.25) is 0 Å². The summed E-state index contributed by atoms with van der Waals surface area (Å²) in [5, 5.41) is 6.68.